The predicted octanol–water partition coefficient (Wildman–Crippen LogP) is 4.63. The van der Waals surface area contributed by atoms with Crippen LogP contribution in [0.15, 0.2) is 53.0 Å². The van der Waals surface area contributed by atoms with Gasteiger partial charge in [-0.1, -0.05) is 45.7 Å². The Balaban J connectivity index is 2.42. The number of hydrogen-bond acceptors (Lipinski definition) is 2. The van der Waals surface area contributed by atoms with E-state index in [0.29, 0.717) is 6.54 Å². The maximum atomic E-state index is 6.13. The largest absolute Gasteiger partial charge is 0.363 e. The highest BCUT2D eigenvalue weighted by atomic mass is 79.9. The molecule has 2 N–H and O–H groups in total. The van der Waals surface area contributed by atoms with Crippen molar-refractivity contribution in [1.82, 2.24) is 0 Å². The molecule has 2 aromatic carbocycles. The minimum atomic E-state index is 0.0930. The number of anilines is 1. The Morgan fingerprint density at radius 2 is 1.90 bits per heavy atom. The van der Waals surface area contributed by atoms with E-state index in [2.05, 4.69) is 39.9 Å². The number of halogens is 2. The summed E-state index contributed by atoms with van der Waals surface area (Å²) < 4.78 is 1.03. The van der Waals surface area contributed by atoms with Crippen LogP contribution in [0.5, 0.6) is 0 Å². The van der Waals surface area contributed by atoms with Crippen LogP contribution in [0.1, 0.15) is 18.5 Å². The quantitative estimate of drug-likeness (QED) is 0.849. The van der Waals surface area contributed by atoms with Gasteiger partial charge in [-0.25, -0.2) is 0 Å². The Bertz CT molecular complexity index is 560. The first kappa shape index (κ1) is 15.4. The van der Waals surface area contributed by atoms with Gasteiger partial charge in [0.15, 0.2) is 0 Å². The number of para-hydroxylation sites is 1. The van der Waals surface area contributed by atoms with E-state index in [1.54, 1.807) is 0 Å². The molecule has 2 nitrogen and oxygen atoms in total. The second-order valence-corrected chi connectivity index (χ2v) is 5.83. The summed E-state index contributed by atoms with van der Waals surface area (Å²) in [6, 6.07) is 16.2. The van der Waals surface area contributed by atoms with E-state index in [-0.39, 0.29) is 6.04 Å². The Hall–Kier alpha value is -1.03. The molecule has 2 aromatic rings. The van der Waals surface area contributed by atoms with Crippen LogP contribution in [-0.4, -0.2) is 13.1 Å². The first-order valence-electron chi connectivity index (χ1n) is 6.64. The normalized spacial score (nSPS) is 12.2. The molecule has 0 spiro atoms. The van der Waals surface area contributed by atoms with Crippen molar-refractivity contribution in [3.63, 3.8) is 0 Å². The van der Waals surface area contributed by atoms with E-state index in [4.69, 9.17) is 17.3 Å². The van der Waals surface area contributed by atoms with E-state index in [0.717, 1.165) is 27.3 Å². The lowest BCUT2D eigenvalue weighted by Gasteiger charge is -2.33. The average Bonchev–Trinajstić information content (AvgIpc) is 2.48. The Labute approximate surface area is 133 Å². The van der Waals surface area contributed by atoms with Gasteiger partial charge in [0.2, 0.25) is 0 Å². The summed E-state index contributed by atoms with van der Waals surface area (Å²) in [7, 11) is 0. The third kappa shape index (κ3) is 3.35. The molecule has 0 fully saturated rings. The van der Waals surface area contributed by atoms with Crippen molar-refractivity contribution < 1.29 is 0 Å². The first-order valence-corrected chi connectivity index (χ1v) is 7.81. The molecule has 0 amide bonds. The molecule has 20 heavy (non-hydrogen) atoms. The summed E-state index contributed by atoms with van der Waals surface area (Å²) in [5.74, 6) is 0. The minimum Gasteiger partial charge on any atom is -0.363 e. The van der Waals surface area contributed by atoms with Crippen LogP contribution in [0, 0.1) is 0 Å². The molecular formula is C16H18BrClN2. The summed E-state index contributed by atoms with van der Waals surface area (Å²) in [4.78, 5) is 2.29. The molecule has 0 aliphatic heterocycles. The lowest BCUT2D eigenvalue weighted by atomic mass is 10.0. The first-order chi connectivity index (χ1) is 9.67. The molecule has 0 aromatic heterocycles. The van der Waals surface area contributed by atoms with Crippen molar-refractivity contribution >= 4 is 33.2 Å². The number of nitrogens with two attached hydrogens (primary N) is 1. The van der Waals surface area contributed by atoms with Gasteiger partial charge in [-0.15, -0.1) is 0 Å². The number of rotatable bonds is 5. The molecular weight excluding hydrogens is 336 g/mol. The maximum Gasteiger partial charge on any atom is 0.0676 e. The second-order valence-electron chi connectivity index (χ2n) is 4.54. The van der Waals surface area contributed by atoms with Gasteiger partial charge in [-0.05, 0) is 42.8 Å². The van der Waals surface area contributed by atoms with E-state index in [1.807, 2.05) is 36.4 Å². The van der Waals surface area contributed by atoms with E-state index >= 15 is 0 Å². The molecule has 1 unspecified atom stereocenters. The fraction of sp³-hybridized carbons (Fsp3) is 0.250. The molecule has 0 radical (unpaired) electrons. The van der Waals surface area contributed by atoms with E-state index < -0.39 is 0 Å². The Kier molecular flexibility index (Phi) is 5.46. The summed E-state index contributed by atoms with van der Waals surface area (Å²) in [6.07, 6.45) is 0. The fourth-order valence-electron chi connectivity index (χ4n) is 2.39. The van der Waals surface area contributed by atoms with Crippen LogP contribution in [0.25, 0.3) is 0 Å². The summed E-state index contributed by atoms with van der Waals surface area (Å²) >= 11 is 9.73. The van der Waals surface area contributed by atoms with Crippen molar-refractivity contribution in [2.75, 3.05) is 18.0 Å². The average molecular weight is 354 g/mol. The Morgan fingerprint density at radius 3 is 2.50 bits per heavy atom. The highest BCUT2D eigenvalue weighted by Crippen LogP contribution is 2.32. The molecule has 0 aliphatic carbocycles. The lowest BCUT2D eigenvalue weighted by Crippen LogP contribution is -2.33. The van der Waals surface area contributed by atoms with Gasteiger partial charge in [0, 0.05) is 28.3 Å². The third-order valence-electron chi connectivity index (χ3n) is 3.35. The maximum absolute atomic E-state index is 6.13. The fourth-order valence-corrected chi connectivity index (χ4v) is 3.09. The van der Waals surface area contributed by atoms with Gasteiger partial charge in [-0.2, -0.15) is 0 Å². The van der Waals surface area contributed by atoms with Crippen LogP contribution in [0.2, 0.25) is 5.02 Å². The van der Waals surface area contributed by atoms with Gasteiger partial charge in [0.25, 0.3) is 0 Å². The van der Waals surface area contributed by atoms with Crippen molar-refractivity contribution in [3.05, 3.63) is 63.6 Å². The standard InChI is InChI=1S/C16H18BrClN2/c1-2-20(13-6-4-3-5-7-13)16(11-19)14-10-12(18)8-9-15(14)17/h3-10,16H,2,11,19H2,1H3. The zero-order valence-corrected chi connectivity index (χ0v) is 13.7. The minimum absolute atomic E-state index is 0.0930. The van der Waals surface area contributed by atoms with Crippen LogP contribution in [0.4, 0.5) is 5.69 Å². The molecule has 0 bridgehead atoms. The summed E-state index contributed by atoms with van der Waals surface area (Å²) in [6.45, 7) is 3.54. The molecule has 0 saturated heterocycles. The van der Waals surface area contributed by atoms with Crippen molar-refractivity contribution in [3.8, 4) is 0 Å². The zero-order valence-electron chi connectivity index (χ0n) is 11.4. The molecule has 1 atom stereocenters. The molecule has 4 heteroatoms. The highest BCUT2D eigenvalue weighted by molar-refractivity contribution is 9.10. The molecule has 0 saturated carbocycles. The number of benzene rings is 2. The molecule has 2 rings (SSSR count). The summed E-state index contributed by atoms with van der Waals surface area (Å²) in [5.41, 5.74) is 8.31. The van der Waals surface area contributed by atoms with Gasteiger partial charge < -0.3 is 10.6 Å². The van der Waals surface area contributed by atoms with Crippen LogP contribution < -0.4 is 10.6 Å². The number of hydrogen-bond donors (Lipinski definition) is 1. The topological polar surface area (TPSA) is 29.3 Å². The smallest absolute Gasteiger partial charge is 0.0676 e. The molecule has 0 aliphatic rings. The van der Waals surface area contributed by atoms with Crippen molar-refractivity contribution in [1.29, 1.82) is 0 Å². The van der Waals surface area contributed by atoms with Crippen LogP contribution in [-0.2, 0) is 0 Å². The van der Waals surface area contributed by atoms with Crippen molar-refractivity contribution in [2.45, 2.75) is 13.0 Å². The monoisotopic (exact) mass is 352 g/mol. The molecule has 106 valence electrons. The zero-order chi connectivity index (χ0) is 14.5. The molecule has 0 heterocycles. The van der Waals surface area contributed by atoms with Crippen LogP contribution >= 0.6 is 27.5 Å². The van der Waals surface area contributed by atoms with Gasteiger partial charge in [-0.3, -0.25) is 0 Å². The number of likely N-dealkylation sites (N-methyl/N-ethyl adjacent to an activating group) is 1. The van der Waals surface area contributed by atoms with E-state index in [1.165, 1.54) is 0 Å². The van der Waals surface area contributed by atoms with Gasteiger partial charge in [0.05, 0.1) is 6.04 Å². The summed E-state index contributed by atoms with van der Waals surface area (Å²) in [5, 5.41) is 0.728. The predicted molar refractivity (Wildman–Crippen MR) is 90.4 cm³/mol. The van der Waals surface area contributed by atoms with Crippen LogP contribution in [0.3, 0.4) is 0 Å². The number of nitrogens with zero attached hydrogens (tertiary/aromatic N) is 1. The van der Waals surface area contributed by atoms with E-state index in [9.17, 15) is 0 Å². The van der Waals surface area contributed by atoms with Crippen molar-refractivity contribution in [2.24, 2.45) is 5.73 Å². The lowest BCUT2D eigenvalue weighted by molar-refractivity contribution is 0.641. The van der Waals surface area contributed by atoms with Gasteiger partial charge in [0.1, 0.15) is 0 Å². The van der Waals surface area contributed by atoms with Gasteiger partial charge >= 0.3 is 0 Å². The Morgan fingerprint density at radius 1 is 1.20 bits per heavy atom. The third-order valence-corrected chi connectivity index (χ3v) is 4.30. The second kappa shape index (κ2) is 7.11. The highest BCUT2D eigenvalue weighted by Gasteiger charge is 2.20. The SMILES string of the molecule is CCN(c1ccccc1)C(CN)c1cc(Cl)ccc1Br.